The molecular formula is C31H28BNO2. The van der Waals surface area contributed by atoms with E-state index < -0.39 is 7.12 Å². The Labute approximate surface area is 206 Å². The summed E-state index contributed by atoms with van der Waals surface area (Å²) in [5, 5.41) is 3.61. The third-order valence-corrected chi connectivity index (χ3v) is 7.49. The zero-order chi connectivity index (χ0) is 24.2. The lowest BCUT2D eigenvalue weighted by atomic mass is 9.78. The van der Waals surface area contributed by atoms with E-state index in [0.29, 0.717) is 0 Å². The second-order valence-electron chi connectivity index (χ2n) is 10.3. The summed E-state index contributed by atoms with van der Waals surface area (Å²) in [4.78, 5) is 5.13. The minimum Gasteiger partial charge on any atom is -0.399 e. The average molecular weight is 457 g/mol. The van der Waals surface area contributed by atoms with Crippen molar-refractivity contribution >= 4 is 34.3 Å². The van der Waals surface area contributed by atoms with E-state index in [9.17, 15) is 0 Å². The van der Waals surface area contributed by atoms with Crippen LogP contribution in [0.15, 0.2) is 97.1 Å². The summed E-state index contributed by atoms with van der Waals surface area (Å²) in [6.45, 7) is 8.33. The van der Waals surface area contributed by atoms with Crippen molar-refractivity contribution in [1.29, 1.82) is 0 Å². The van der Waals surface area contributed by atoms with E-state index in [1.165, 1.54) is 27.3 Å². The molecule has 1 aliphatic heterocycles. The molecule has 0 N–H and O–H groups in total. The molecule has 6 rings (SSSR count). The van der Waals surface area contributed by atoms with Gasteiger partial charge in [-0.15, -0.1) is 0 Å². The number of nitrogens with zero attached hydrogens (tertiary/aromatic N) is 1. The topological polar surface area (TPSA) is 31.4 Å². The van der Waals surface area contributed by atoms with Crippen LogP contribution < -0.4 is 5.46 Å². The molecule has 3 nitrogen and oxygen atoms in total. The number of aromatic nitrogens is 1. The standard InChI is InChI=1S/C31H28BNO2/c1-30(2)31(3,4)35-32(34-30)24-15-10-14-23(19-24)28-20-26(21-11-6-5-7-12-21)29-25-16-9-8-13-22(25)17-18-27(29)33-28/h5-20H,1-4H3. The smallest absolute Gasteiger partial charge is 0.399 e. The van der Waals surface area contributed by atoms with Crippen LogP contribution in [0.5, 0.6) is 0 Å². The molecule has 5 aromatic rings. The van der Waals surface area contributed by atoms with Gasteiger partial charge in [-0.2, -0.15) is 0 Å². The maximum absolute atomic E-state index is 6.31. The van der Waals surface area contributed by atoms with Crippen LogP contribution in [-0.4, -0.2) is 23.3 Å². The number of benzene rings is 4. The molecule has 4 aromatic carbocycles. The Bertz CT molecular complexity index is 1540. The Morgan fingerprint density at radius 1 is 0.657 bits per heavy atom. The summed E-state index contributed by atoms with van der Waals surface area (Å²) in [6, 6.07) is 34.0. The largest absolute Gasteiger partial charge is 0.494 e. The van der Waals surface area contributed by atoms with E-state index in [4.69, 9.17) is 14.3 Å². The molecule has 4 heteroatoms. The fourth-order valence-electron chi connectivity index (χ4n) is 4.82. The molecule has 1 aliphatic rings. The number of pyridine rings is 1. The quantitative estimate of drug-likeness (QED) is 0.216. The summed E-state index contributed by atoms with van der Waals surface area (Å²) in [6.07, 6.45) is 0. The lowest BCUT2D eigenvalue weighted by molar-refractivity contribution is 0.00578. The second-order valence-corrected chi connectivity index (χ2v) is 10.3. The number of rotatable bonds is 3. The van der Waals surface area contributed by atoms with Gasteiger partial charge in [0.25, 0.3) is 0 Å². The molecule has 0 bridgehead atoms. The summed E-state index contributed by atoms with van der Waals surface area (Å²) in [5.74, 6) is 0. The molecule has 0 atom stereocenters. The van der Waals surface area contributed by atoms with Gasteiger partial charge in [0.15, 0.2) is 0 Å². The zero-order valence-corrected chi connectivity index (χ0v) is 20.6. The molecule has 35 heavy (non-hydrogen) atoms. The first-order valence-electron chi connectivity index (χ1n) is 12.2. The number of fused-ring (bicyclic) bond motifs is 3. The molecule has 0 saturated carbocycles. The lowest BCUT2D eigenvalue weighted by Crippen LogP contribution is -2.41. The van der Waals surface area contributed by atoms with Gasteiger partial charge in [0, 0.05) is 5.39 Å². The van der Waals surface area contributed by atoms with Gasteiger partial charge in [0.05, 0.1) is 22.4 Å². The molecule has 0 aliphatic carbocycles. The first-order chi connectivity index (χ1) is 16.8. The molecular weight excluding hydrogens is 429 g/mol. The maximum Gasteiger partial charge on any atom is 0.494 e. The summed E-state index contributed by atoms with van der Waals surface area (Å²) in [7, 11) is -0.405. The van der Waals surface area contributed by atoms with Gasteiger partial charge in [-0.25, -0.2) is 4.98 Å². The van der Waals surface area contributed by atoms with Gasteiger partial charge in [0.1, 0.15) is 0 Å². The SMILES string of the molecule is CC1(C)OB(c2cccc(-c3cc(-c4ccccc4)c4c(ccc5ccccc54)n3)c2)OC1(C)C. The van der Waals surface area contributed by atoms with Gasteiger partial charge in [0.2, 0.25) is 0 Å². The van der Waals surface area contributed by atoms with Crippen molar-refractivity contribution in [2.75, 3.05) is 0 Å². The molecule has 0 amide bonds. The minimum atomic E-state index is -0.405. The molecule has 0 radical (unpaired) electrons. The third kappa shape index (κ3) is 3.74. The highest BCUT2D eigenvalue weighted by atomic mass is 16.7. The summed E-state index contributed by atoms with van der Waals surface area (Å²) < 4.78 is 12.6. The Balaban J connectivity index is 1.53. The van der Waals surface area contributed by atoms with E-state index in [2.05, 4.69) is 125 Å². The van der Waals surface area contributed by atoms with Crippen molar-refractivity contribution in [3.05, 3.63) is 97.1 Å². The van der Waals surface area contributed by atoms with Crippen LogP contribution in [0.2, 0.25) is 0 Å². The van der Waals surface area contributed by atoms with Gasteiger partial charge >= 0.3 is 7.12 Å². The summed E-state index contributed by atoms with van der Waals surface area (Å²) >= 11 is 0. The first-order valence-corrected chi connectivity index (χ1v) is 12.2. The predicted molar refractivity (Wildman–Crippen MR) is 146 cm³/mol. The number of hydrogen-bond acceptors (Lipinski definition) is 3. The zero-order valence-electron chi connectivity index (χ0n) is 20.6. The molecule has 172 valence electrons. The lowest BCUT2D eigenvalue weighted by Gasteiger charge is -2.32. The van der Waals surface area contributed by atoms with Crippen molar-refractivity contribution in [2.45, 2.75) is 38.9 Å². The average Bonchev–Trinajstić information content (AvgIpc) is 3.10. The van der Waals surface area contributed by atoms with Crippen LogP contribution in [0.4, 0.5) is 0 Å². The third-order valence-electron chi connectivity index (χ3n) is 7.49. The van der Waals surface area contributed by atoms with E-state index >= 15 is 0 Å². The van der Waals surface area contributed by atoms with Crippen molar-refractivity contribution in [2.24, 2.45) is 0 Å². The molecule has 2 heterocycles. The highest BCUT2D eigenvalue weighted by molar-refractivity contribution is 6.62. The van der Waals surface area contributed by atoms with Crippen molar-refractivity contribution in [1.82, 2.24) is 4.98 Å². The highest BCUT2D eigenvalue weighted by Crippen LogP contribution is 2.38. The molecule has 0 unspecified atom stereocenters. The predicted octanol–water partition coefficient (Wildman–Crippen LogP) is 7.02. The molecule has 1 aromatic heterocycles. The maximum atomic E-state index is 6.31. The molecule has 1 fully saturated rings. The van der Waals surface area contributed by atoms with Crippen molar-refractivity contribution in [3.63, 3.8) is 0 Å². The van der Waals surface area contributed by atoms with Crippen molar-refractivity contribution < 1.29 is 9.31 Å². The normalized spacial score (nSPS) is 16.7. The van der Waals surface area contributed by atoms with Crippen molar-refractivity contribution in [3.8, 4) is 22.4 Å². The van der Waals surface area contributed by atoms with Crippen LogP contribution in [0.1, 0.15) is 27.7 Å². The molecule has 1 saturated heterocycles. The van der Waals surface area contributed by atoms with E-state index in [-0.39, 0.29) is 11.2 Å². The van der Waals surface area contributed by atoms with E-state index in [0.717, 1.165) is 22.2 Å². The Kier molecular flexibility index (Phi) is 5.06. The van der Waals surface area contributed by atoms with Gasteiger partial charge in [-0.1, -0.05) is 84.9 Å². The minimum absolute atomic E-state index is 0.379. The van der Waals surface area contributed by atoms with E-state index in [1.807, 2.05) is 0 Å². The van der Waals surface area contributed by atoms with Crippen LogP contribution in [0, 0.1) is 0 Å². The first kappa shape index (κ1) is 22.0. The Hall–Kier alpha value is -3.47. The highest BCUT2D eigenvalue weighted by Gasteiger charge is 2.51. The fraction of sp³-hybridized carbons (Fsp3) is 0.194. The fourth-order valence-corrected chi connectivity index (χ4v) is 4.82. The van der Waals surface area contributed by atoms with Crippen LogP contribution >= 0.6 is 0 Å². The monoisotopic (exact) mass is 457 g/mol. The van der Waals surface area contributed by atoms with Gasteiger partial charge in [-0.05, 0) is 72.8 Å². The molecule has 0 spiro atoms. The Morgan fingerprint density at radius 3 is 2.11 bits per heavy atom. The van der Waals surface area contributed by atoms with Gasteiger partial charge < -0.3 is 9.31 Å². The second kappa shape index (κ2) is 8.05. The van der Waals surface area contributed by atoms with Crippen LogP contribution in [0.25, 0.3) is 44.1 Å². The van der Waals surface area contributed by atoms with Crippen LogP contribution in [-0.2, 0) is 9.31 Å². The van der Waals surface area contributed by atoms with Crippen LogP contribution in [0.3, 0.4) is 0 Å². The Morgan fingerprint density at radius 2 is 1.34 bits per heavy atom. The van der Waals surface area contributed by atoms with Gasteiger partial charge in [-0.3, -0.25) is 0 Å². The summed E-state index contributed by atoms with van der Waals surface area (Å²) in [5.41, 5.74) is 5.58. The number of hydrogen-bond donors (Lipinski definition) is 0. The van der Waals surface area contributed by atoms with E-state index in [1.54, 1.807) is 0 Å².